The van der Waals surface area contributed by atoms with E-state index in [4.69, 9.17) is 26.5 Å². The topological polar surface area (TPSA) is 119 Å². The maximum atomic E-state index is 12.6. The van der Waals surface area contributed by atoms with E-state index in [1.54, 1.807) is 36.4 Å². The molecule has 0 radical (unpaired) electrons. The number of fused-ring (bicyclic) bond motifs is 1. The molecule has 2 aromatic carbocycles. The van der Waals surface area contributed by atoms with Gasteiger partial charge in [0.1, 0.15) is 16.6 Å². The van der Waals surface area contributed by atoms with Crippen LogP contribution in [0.1, 0.15) is 21.7 Å². The molecule has 0 unspecified atom stereocenters. The molecule has 1 aromatic heterocycles. The number of carbonyl (C=O) groups excluding carboxylic acids is 1. The van der Waals surface area contributed by atoms with Crippen LogP contribution in [-0.2, 0) is 4.79 Å². The maximum Gasteiger partial charge on any atom is 0.335 e. The third-order valence-corrected chi connectivity index (χ3v) is 6.16. The number of hydrogen-bond acceptors (Lipinski definition) is 6. The Morgan fingerprint density at radius 2 is 1.88 bits per heavy atom. The fourth-order valence-electron chi connectivity index (χ4n) is 3.24. The van der Waals surface area contributed by atoms with Crippen molar-refractivity contribution in [3.63, 3.8) is 0 Å². The van der Waals surface area contributed by atoms with E-state index in [2.05, 4.69) is 10.1 Å². The van der Waals surface area contributed by atoms with Gasteiger partial charge in [-0.1, -0.05) is 41.9 Å². The van der Waals surface area contributed by atoms with Crippen molar-refractivity contribution in [3.8, 4) is 11.3 Å². The Bertz CT molecular complexity index is 1420. The first-order chi connectivity index (χ1) is 15.9. The molecular formula is C23H13ClN4O4S. The van der Waals surface area contributed by atoms with Gasteiger partial charge in [0.05, 0.1) is 16.2 Å². The highest BCUT2D eigenvalue weighted by Gasteiger charge is 2.36. The van der Waals surface area contributed by atoms with Crippen LogP contribution in [0.15, 0.2) is 80.7 Å². The van der Waals surface area contributed by atoms with Crippen molar-refractivity contribution in [2.75, 3.05) is 0 Å². The van der Waals surface area contributed by atoms with Crippen LogP contribution in [0, 0.1) is 5.41 Å². The van der Waals surface area contributed by atoms with Crippen molar-refractivity contribution in [1.82, 2.24) is 5.01 Å². The van der Waals surface area contributed by atoms with Crippen molar-refractivity contribution >= 4 is 57.4 Å². The summed E-state index contributed by atoms with van der Waals surface area (Å²) in [4.78, 5) is 27.7. The molecule has 0 bridgehead atoms. The van der Waals surface area contributed by atoms with Crippen molar-refractivity contribution in [2.45, 2.75) is 0 Å². The van der Waals surface area contributed by atoms with Crippen LogP contribution in [0.5, 0.6) is 0 Å². The van der Waals surface area contributed by atoms with E-state index in [-0.39, 0.29) is 22.1 Å². The second kappa shape index (κ2) is 8.19. The first-order valence-electron chi connectivity index (χ1n) is 9.59. The Balaban J connectivity index is 1.43. The molecule has 2 N–H and O–H groups in total. The number of carboxylic acids is 1. The highest BCUT2D eigenvalue weighted by Crippen LogP contribution is 2.33. The fraction of sp³-hybridized carbons (Fsp3) is 0. The number of hydrazone groups is 1. The quantitative estimate of drug-likeness (QED) is 0.513. The van der Waals surface area contributed by atoms with Crippen molar-refractivity contribution in [1.29, 1.82) is 5.41 Å². The number of carboxylic acid groups (broad SMARTS) is 1. The number of thioether (sulfide) groups is 1. The monoisotopic (exact) mass is 476 g/mol. The van der Waals surface area contributed by atoms with Gasteiger partial charge in [0, 0.05) is 11.1 Å². The molecule has 2 aliphatic heterocycles. The van der Waals surface area contributed by atoms with Gasteiger partial charge < -0.3 is 9.52 Å². The molecule has 8 nitrogen and oxygen atoms in total. The molecule has 3 aromatic rings. The molecule has 0 saturated carbocycles. The zero-order valence-electron chi connectivity index (χ0n) is 16.7. The van der Waals surface area contributed by atoms with Crippen molar-refractivity contribution in [3.05, 3.63) is 88.1 Å². The Labute approximate surface area is 196 Å². The van der Waals surface area contributed by atoms with Gasteiger partial charge in [0.2, 0.25) is 5.17 Å². The Hall–Kier alpha value is -3.95. The molecule has 0 aliphatic carbocycles. The Morgan fingerprint density at radius 3 is 2.61 bits per heavy atom. The molecule has 0 saturated heterocycles. The number of nitrogens with one attached hydrogen (secondary N) is 1. The third kappa shape index (κ3) is 3.88. The summed E-state index contributed by atoms with van der Waals surface area (Å²) < 4.78 is 5.79. The second-order valence-corrected chi connectivity index (χ2v) is 8.35. The number of nitrogens with zero attached hydrogens (tertiary/aromatic N) is 3. The molecule has 33 heavy (non-hydrogen) atoms. The van der Waals surface area contributed by atoms with Crippen LogP contribution >= 0.6 is 23.4 Å². The number of aromatic carboxylic acids is 1. The minimum Gasteiger partial charge on any atom is -0.478 e. The number of carbonyl (C=O) groups is 2. The zero-order chi connectivity index (χ0) is 23.1. The highest BCUT2D eigenvalue weighted by molar-refractivity contribution is 8.27. The summed E-state index contributed by atoms with van der Waals surface area (Å²) in [6.07, 6.45) is 1.44. The van der Waals surface area contributed by atoms with E-state index in [9.17, 15) is 9.59 Å². The first kappa shape index (κ1) is 20.9. The van der Waals surface area contributed by atoms with Gasteiger partial charge in [-0.25, -0.2) is 4.79 Å². The average molecular weight is 477 g/mol. The number of furan rings is 1. The van der Waals surface area contributed by atoms with E-state index in [1.165, 1.54) is 35.0 Å². The number of aliphatic imine (C=N–C) groups is 1. The number of benzene rings is 2. The molecule has 0 atom stereocenters. The van der Waals surface area contributed by atoms with Crippen molar-refractivity contribution in [2.24, 2.45) is 10.1 Å². The minimum atomic E-state index is -1.01. The molecule has 0 fully saturated rings. The first-order valence-corrected chi connectivity index (χ1v) is 10.8. The van der Waals surface area contributed by atoms with Gasteiger partial charge in [0.25, 0.3) is 5.91 Å². The predicted octanol–water partition coefficient (Wildman–Crippen LogP) is 4.97. The number of hydrogen-bond donors (Lipinski definition) is 2. The molecule has 0 spiro atoms. The SMILES string of the molecule is N=C1C(=Cc2ccc(-c3ccc(C(=O)O)cc3)o2)C(=O)N=C2SC(c3ccccc3Cl)=NN12. The molecule has 162 valence electrons. The summed E-state index contributed by atoms with van der Waals surface area (Å²) in [7, 11) is 0. The summed E-state index contributed by atoms with van der Waals surface area (Å²) >= 11 is 7.42. The van der Waals surface area contributed by atoms with E-state index in [1.807, 2.05) is 12.1 Å². The lowest BCUT2D eigenvalue weighted by Gasteiger charge is -2.19. The van der Waals surface area contributed by atoms with Crippen LogP contribution in [0.25, 0.3) is 17.4 Å². The van der Waals surface area contributed by atoms with E-state index < -0.39 is 11.9 Å². The summed E-state index contributed by atoms with van der Waals surface area (Å²) in [5, 5.41) is 24.6. The standard InChI is InChI=1S/C23H13ClN4O4S/c24-17-4-2-1-3-15(17)21-27-28-19(25)16(20(29)26-23(28)33-21)11-14-9-10-18(32-14)12-5-7-13(8-6-12)22(30)31/h1-11,25H,(H,30,31). The molecule has 2 aliphatic rings. The molecule has 3 heterocycles. The van der Waals surface area contributed by atoms with Gasteiger partial charge in [-0.05, 0) is 48.2 Å². The molecular weight excluding hydrogens is 464 g/mol. The molecule has 10 heteroatoms. The van der Waals surface area contributed by atoms with Gasteiger partial charge in [0.15, 0.2) is 5.84 Å². The normalized spacial score (nSPS) is 16.6. The Morgan fingerprint density at radius 1 is 1.12 bits per heavy atom. The second-order valence-electron chi connectivity index (χ2n) is 6.99. The van der Waals surface area contributed by atoms with E-state index in [0.29, 0.717) is 32.7 Å². The van der Waals surface area contributed by atoms with Gasteiger partial charge in [-0.15, -0.1) is 0 Å². The maximum absolute atomic E-state index is 12.6. The molecule has 1 amide bonds. The largest absolute Gasteiger partial charge is 0.478 e. The summed E-state index contributed by atoms with van der Waals surface area (Å²) in [5.41, 5.74) is 1.57. The van der Waals surface area contributed by atoms with Crippen LogP contribution < -0.4 is 0 Å². The lowest BCUT2D eigenvalue weighted by molar-refractivity contribution is -0.114. The number of amides is 1. The smallest absolute Gasteiger partial charge is 0.335 e. The van der Waals surface area contributed by atoms with Gasteiger partial charge >= 0.3 is 5.97 Å². The van der Waals surface area contributed by atoms with Crippen LogP contribution in [0.4, 0.5) is 0 Å². The lowest BCUT2D eigenvalue weighted by Crippen LogP contribution is -2.35. The molecule has 5 rings (SSSR count). The van der Waals surface area contributed by atoms with E-state index >= 15 is 0 Å². The summed E-state index contributed by atoms with van der Waals surface area (Å²) in [5.74, 6) is -0.864. The summed E-state index contributed by atoms with van der Waals surface area (Å²) in [6, 6.07) is 16.8. The van der Waals surface area contributed by atoms with Crippen LogP contribution in [0.3, 0.4) is 0 Å². The summed E-state index contributed by atoms with van der Waals surface area (Å²) in [6.45, 7) is 0. The number of amidine groups is 2. The van der Waals surface area contributed by atoms with Gasteiger partial charge in [-0.2, -0.15) is 15.1 Å². The highest BCUT2D eigenvalue weighted by atomic mass is 35.5. The van der Waals surface area contributed by atoms with Gasteiger partial charge in [-0.3, -0.25) is 10.2 Å². The third-order valence-electron chi connectivity index (χ3n) is 4.89. The number of halogens is 1. The number of rotatable bonds is 4. The zero-order valence-corrected chi connectivity index (χ0v) is 18.2. The van der Waals surface area contributed by atoms with Crippen LogP contribution in [-0.4, -0.2) is 38.0 Å². The van der Waals surface area contributed by atoms with Crippen LogP contribution in [0.2, 0.25) is 5.02 Å². The minimum absolute atomic E-state index is 0.0330. The van der Waals surface area contributed by atoms with E-state index in [0.717, 1.165) is 0 Å². The lowest BCUT2D eigenvalue weighted by atomic mass is 10.1. The van der Waals surface area contributed by atoms with Crippen molar-refractivity contribution < 1.29 is 19.1 Å². The predicted molar refractivity (Wildman–Crippen MR) is 127 cm³/mol. The average Bonchev–Trinajstić information content (AvgIpc) is 3.44. The Kier molecular flexibility index (Phi) is 5.20. The fourth-order valence-corrected chi connectivity index (χ4v) is 4.45.